The van der Waals surface area contributed by atoms with E-state index in [4.69, 9.17) is 10.8 Å². The summed E-state index contributed by atoms with van der Waals surface area (Å²) >= 11 is 0. The van der Waals surface area contributed by atoms with Crippen LogP contribution in [0.3, 0.4) is 0 Å². The molecule has 1 saturated heterocycles. The summed E-state index contributed by atoms with van der Waals surface area (Å²) < 4.78 is 22.2. The summed E-state index contributed by atoms with van der Waals surface area (Å²) in [7, 11) is -2.78. The van der Waals surface area contributed by atoms with Gasteiger partial charge in [0.15, 0.2) is 9.84 Å². The van der Waals surface area contributed by atoms with E-state index in [1.54, 1.807) is 0 Å². The molecule has 14 heavy (non-hydrogen) atoms. The van der Waals surface area contributed by atoms with Gasteiger partial charge in [-0.15, -0.1) is 0 Å². The van der Waals surface area contributed by atoms with Gasteiger partial charge in [-0.2, -0.15) is 0 Å². The summed E-state index contributed by atoms with van der Waals surface area (Å²) in [5, 5.41) is 8.71. The molecule has 0 aromatic rings. The zero-order chi connectivity index (χ0) is 10.6. The van der Waals surface area contributed by atoms with Gasteiger partial charge in [0.2, 0.25) is 0 Å². The van der Waals surface area contributed by atoms with Crippen LogP contribution in [0.2, 0.25) is 0 Å². The van der Waals surface area contributed by atoms with Crippen LogP contribution >= 0.6 is 0 Å². The van der Waals surface area contributed by atoms with Gasteiger partial charge < -0.3 is 15.7 Å². The molecule has 0 spiro atoms. The number of hydrogen-bond donors (Lipinski definition) is 2. The maximum Gasteiger partial charge on any atom is 0.152 e. The molecule has 1 fully saturated rings. The third-order valence-corrected chi connectivity index (χ3v) is 4.10. The molecular formula is C8H18N2O3S. The molecule has 5 nitrogen and oxygen atoms in total. The van der Waals surface area contributed by atoms with E-state index in [9.17, 15) is 8.42 Å². The van der Waals surface area contributed by atoms with Crippen LogP contribution in [0.4, 0.5) is 0 Å². The lowest BCUT2D eigenvalue weighted by Gasteiger charge is -2.27. The number of nitrogens with two attached hydrogens (primary N) is 1. The molecule has 1 atom stereocenters. The first-order chi connectivity index (χ1) is 6.53. The van der Waals surface area contributed by atoms with Crippen molar-refractivity contribution in [2.45, 2.75) is 12.5 Å². The van der Waals surface area contributed by atoms with Gasteiger partial charge in [-0.3, -0.25) is 0 Å². The molecule has 0 amide bonds. The fraction of sp³-hybridized carbons (Fsp3) is 1.00. The van der Waals surface area contributed by atoms with Crippen LogP contribution in [-0.2, 0) is 9.84 Å². The van der Waals surface area contributed by atoms with Gasteiger partial charge in [-0.05, 0) is 13.0 Å². The molecule has 1 rings (SSSR count). The maximum absolute atomic E-state index is 11.1. The summed E-state index contributed by atoms with van der Waals surface area (Å²) in [4.78, 5) is 2.08. The Morgan fingerprint density at radius 1 is 1.36 bits per heavy atom. The first-order valence-corrected chi connectivity index (χ1v) is 6.65. The summed E-state index contributed by atoms with van der Waals surface area (Å²) in [6, 6.07) is -0.187. The molecule has 0 aromatic heterocycles. The molecule has 0 aromatic carbocycles. The van der Waals surface area contributed by atoms with Gasteiger partial charge in [0.05, 0.1) is 18.1 Å². The summed E-state index contributed by atoms with van der Waals surface area (Å²) in [6.45, 7) is 1.96. The van der Waals surface area contributed by atoms with Crippen molar-refractivity contribution >= 4 is 9.84 Å². The summed E-state index contributed by atoms with van der Waals surface area (Å²) in [6.07, 6.45) is 0.719. The minimum atomic E-state index is -2.78. The van der Waals surface area contributed by atoms with E-state index in [1.165, 1.54) is 0 Å². The first-order valence-electron chi connectivity index (χ1n) is 4.83. The number of aliphatic hydroxyl groups excluding tert-OH is 1. The van der Waals surface area contributed by atoms with Crippen LogP contribution < -0.4 is 5.73 Å². The van der Waals surface area contributed by atoms with E-state index in [0.29, 0.717) is 13.1 Å². The van der Waals surface area contributed by atoms with Crippen LogP contribution in [-0.4, -0.2) is 62.2 Å². The Kier molecular flexibility index (Phi) is 4.31. The quantitative estimate of drug-likeness (QED) is 0.600. The molecule has 1 aliphatic heterocycles. The number of nitrogens with zero attached hydrogens (tertiary/aromatic N) is 1. The minimum Gasteiger partial charge on any atom is -0.395 e. The average Bonchev–Trinajstić information content (AvgIpc) is 2.16. The second-order valence-corrected chi connectivity index (χ2v) is 6.03. The van der Waals surface area contributed by atoms with Crippen molar-refractivity contribution < 1.29 is 13.5 Å². The number of aliphatic hydroxyl groups is 1. The Bertz CT molecular complexity index is 252. The highest BCUT2D eigenvalue weighted by molar-refractivity contribution is 7.91. The second kappa shape index (κ2) is 5.06. The fourth-order valence-corrected chi connectivity index (χ4v) is 2.69. The predicted molar refractivity (Wildman–Crippen MR) is 54.8 cm³/mol. The first kappa shape index (κ1) is 11.9. The number of rotatable bonds is 4. The van der Waals surface area contributed by atoms with Crippen LogP contribution in [0.5, 0.6) is 0 Å². The Morgan fingerprint density at radius 2 is 1.93 bits per heavy atom. The van der Waals surface area contributed by atoms with E-state index >= 15 is 0 Å². The molecule has 6 heteroatoms. The Morgan fingerprint density at radius 3 is 2.43 bits per heavy atom. The maximum atomic E-state index is 11.1. The van der Waals surface area contributed by atoms with Crippen molar-refractivity contribution in [2.24, 2.45) is 5.73 Å². The fourth-order valence-electron chi connectivity index (χ4n) is 1.41. The molecule has 3 N–H and O–H groups in total. The van der Waals surface area contributed by atoms with Crippen molar-refractivity contribution in [3.05, 3.63) is 0 Å². The highest BCUT2D eigenvalue weighted by atomic mass is 32.2. The molecular weight excluding hydrogens is 204 g/mol. The molecule has 84 valence electrons. The van der Waals surface area contributed by atoms with Crippen molar-refractivity contribution in [1.82, 2.24) is 4.90 Å². The van der Waals surface area contributed by atoms with Crippen molar-refractivity contribution in [1.29, 1.82) is 0 Å². The van der Waals surface area contributed by atoms with E-state index in [-0.39, 0.29) is 24.2 Å². The molecule has 0 bridgehead atoms. The van der Waals surface area contributed by atoms with Crippen molar-refractivity contribution in [3.63, 3.8) is 0 Å². The average molecular weight is 222 g/mol. The lowest BCUT2D eigenvalue weighted by atomic mass is 10.2. The summed E-state index contributed by atoms with van der Waals surface area (Å²) in [5.41, 5.74) is 5.55. The Balaban J connectivity index is 2.23. The molecule has 0 saturated carbocycles. The number of sulfone groups is 1. The van der Waals surface area contributed by atoms with Crippen molar-refractivity contribution in [2.75, 3.05) is 37.7 Å². The SMILES string of the molecule is NC(CO)CCN1CCS(=O)(=O)CC1. The predicted octanol–water partition coefficient (Wildman–Crippen LogP) is -1.57. The normalized spacial score (nSPS) is 24.7. The van der Waals surface area contributed by atoms with E-state index in [1.807, 2.05) is 0 Å². The van der Waals surface area contributed by atoms with Gasteiger partial charge >= 0.3 is 0 Å². The topological polar surface area (TPSA) is 83.6 Å². The smallest absolute Gasteiger partial charge is 0.152 e. The molecule has 0 aliphatic carbocycles. The molecule has 0 radical (unpaired) electrons. The van der Waals surface area contributed by atoms with Gasteiger partial charge in [0, 0.05) is 19.1 Å². The minimum absolute atomic E-state index is 0.00780. The van der Waals surface area contributed by atoms with Crippen LogP contribution in [0.15, 0.2) is 0 Å². The van der Waals surface area contributed by atoms with Gasteiger partial charge in [-0.25, -0.2) is 8.42 Å². The van der Waals surface area contributed by atoms with Crippen LogP contribution in [0, 0.1) is 0 Å². The van der Waals surface area contributed by atoms with Crippen molar-refractivity contribution in [3.8, 4) is 0 Å². The zero-order valence-corrected chi connectivity index (χ0v) is 9.04. The van der Waals surface area contributed by atoms with E-state index in [2.05, 4.69) is 4.90 Å². The standard InChI is InChI=1S/C8H18N2O3S/c9-8(7-11)1-2-10-3-5-14(12,13)6-4-10/h8,11H,1-7,9H2. The van der Waals surface area contributed by atoms with Gasteiger partial charge in [0.25, 0.3) is 0 Å². The highest BCUT2D eigenvalue weighted by Gasteiger charge is 2.21. The monoisotopic (exact) mass is 222 g/mol. The van der Waals surface area contributed by atoms with Crippen LogP contribution in [0.25, 0.3) is 0 Å². The third-order valence-electron chi connectivity index (χ3n) is 2.49. The zero-order valence-electron chi connectivity index (χ0n) is 8.22. The molecule has 1 aliphatic rings. The van der Waals surface area contributed by atoms with E-state index in [0.717, 1.165) is 13.0 Å². The van der Waals surface area contributed by atoms with Gasteiger partial charge in [-0.1, -0.05) is 0 Å². The lowest BCUT2D eigenvalue weighted by molar-refractivity contribution is 0.231. The number of hydrogen-bond acceptors (Lipinski definition) is 5. The summed E-state index contributed by atoms with van der Waals surface area (Å²) in [5.74, 6) is 0.503. The Labute approximate surface area is 84.8 Å². The van der Waals surface area contributed by atoms with Gasteiger partial charge in [0.1, 0.15) is 0 Å². The Hall–Kier alpha value is -0.170. The van der Waals surface area contributed by atoms with E-state index < -0.39 is 9.84 Å². The molecule has 1 heterocycles. The lowest BCUT2D eigenvalue weighted by Crippen LogP contribution is -2.42. The highest BCUT2D eigenvalue weighted by Crippen LogP contribution is 2.04. The van der Waals surface area contributed by atoms with Crippen LogP contribution in [0.1, 0.15) is 6.42 Å². The third kappa shape index (κ3) is 3.91. The largest absolute Gasteiger partial charge is 0.395 e. The molecule has 1 unspecified atom stereocenters. The second-order valence-electron chi connectivity index (χ2n) is 3.72.